The molecule has 5 nitrogen and oxygen atoms in total. The Morgan fingerprint density at radius 1 is 0.944 bits per heavy atom. The third-order valence-electron chi connectivity index (χ3n) is 7.05. The van der Waals surface area contributed by atoms with Crippen molar-refractivity contribution >= 4 is 21.8 Å². The first-order chi connectivity index (χ1) is 17.3. The summed E-state index contributed by atoms with van der Waals surface area (Å²) in [5, 5.41) is 12.9. The largest absolute Gasteiger partial charge is 0.417 e. The number of hydrogen-bond acceptors (Lipinski definition) is 3. The predicted octanol–water partition coefficient (Wildman–Crippen LogP) is 6.47. The number of aliphatic hydroxyl groups is 1. The molecule has 0 fully saturated rings. The van der Waals surface area contributed by atoms with Gasteiger partial charge in [-0.2, -0.15) is 13.2 Å². The van der Waals surface area contributed by atoms with Gasteiger partial charge in [0, 0.05) is 46.7 Å². The van der Waals surface area contributed by atoms with Crippen LogP contribution in [0, 0.1) is 6.92 Å². The molecule has 0 saturated carbocycles. The lowest BCUT2D eigenvalue weighted by molar-refractivity contribution is -0.136. The summed E-state index contributed by atoms with van der Waals surface area (Å²) in [5.41, 5.74) is 1.35. The van der Waals surface area contributed by atoms with Gasteiger partial charge < -0.3 is 20.0 Å². The van der Waals surface area contributed by atoms with E-state index in [4.69, 9.17) is 5.11 Å². The number of nitrogens with one attached hydrogen (secondary N) is 2. The van der Waals surface area contributed by atoms with E-state index >= 15 is 0 Å². The van der Waals surface area contributed by atoms with E-state index in [1.807, 2.05) is 19.9 Å². The number of alkyl halides is 3. The maximum atomic E-state index is 13.9. The Morgan fingerprint density at radius 2 is 1.58 bits per heavy atom. The van der Waals surface area contributed by atoms with Crippen molar-refractivity contribution in [1.82, 2.24) is 14.9 Å². The topological polar surface area (TPSA) is 70.0 Å². The van der Waals surface area contributed by atoms with Gasteiger partial charge in [-0.25, -0.2) is 0 Å². The summed E-state index contributed by atoms with van der Waals surface area (Å²) in [4.78, 5) is 14.5. The number of hydrogen-bond donors (Lipinski definition) is 3. The fourth-order valence-corrected chi connectivity index (χ4v) is 5.27. The van der Waals surface area contributed by atoms with Crippen LogP contribution >= 0.6 is 0 Å². The number of halogens is 3. The summed E-state index contributed by atoms with van der Waals surface area (Å²) in [6, 6.07) is 4.13. The van der Waals surface area contributed by atoms with Crippen LogP contribution in [0.2, 0.25) is 0 Å². The van der Waals surface area contributed by atoms with Gasteiger partial charge in [-0.05, 0) is 69.8 Å². The van der Waals surface area contributed by atoms with Gasteiger partial charge in [-0.15, -0.1) is 0 Å². The number of rotatable bonds is 15. The molecule has 0 atom stereocenters. The van der Waals surface area contributed by atoms with Crippen molar-refractivity contribution in [2.24, 2.45) is 0 Å². The Morgan fingerprint density at radius 3 is 2.22 bits per heavy atom. The summed E-state index contributed by atoms with van der Waals surface area (Å²) in [5.74, 6) is 0. The summed E-state index contributed by atoms with van der Waals surface area (Å²) in [6.07, 6.45) is 6.05. The van der Waals surface area contributed by atoms with Crippen molar-refractivity contribution in [3.63, 3.8) is 0 Å². The SMILES string of the molecule is CCc1c(C)c2c3c(C(F)(F)F)cc(=O)[nH]c3ccc2n1CCCCCCCCCNCCCCO. The number of pyridine rings is 1. The second-order valence-corrected chi connectivity index (χ2v) is 9.66. The van der Waals surface area contributed by atoms with Gasteiger partial charge >= 0.3 is 6.18 Å². The molecule has 8 heteroatoms. The van der Waals surface area contributed by atoms with Crippen molar-refractivity contribution in [2.75, 3.05) is 19.7 Å². The van der Waals surface area contributed by atoms with Crippen molar-refractivity contribution in [2.45, 2.75) is 90.8 Å². The molecule has 36 heavy (non-hydrogen) atoms. The second-order valence-electron chi connectivity index (χ2n) is 9.66. The maximum Gasteiger partial charge on any atom is 0.417 e. The molecule has 3 rings (SSSR count). The van der Waals surface area contributed by atoms with Crippen LogP contribution in [0.25, 0.3) is 21.8 Å². The molecule has 3 N–H and O–H groups in total. The molecular weight excluding hydrogens is 467 g/mol. The minimum atomic E-state index is -4.60. The van der Waals surface area contributed by atoms with Crippen LogP contribution in [0.15, 0.2) is 23.0 Å². The van der Waals surface area contributed by atoms with E-state index in [2.05, 4.69) is 14.9 Å². The van der Waals surface area contributed by atoms with Gasteiger partial charge in [-0.3, -0.25) is 4.79 Å². The molecule has 2 aromatic heterocycles. The van der Waals surface area contributed by atoms with Gasteiger partial charge in [0.15, 0.2) is 0 Å². The highest BCUT2D eigenvalue weighted by Crippen LogP contribution is 2.39. The normalized spacial score (nSPS) is 12.3. The van der Waals surface area contributed by atoms with E-state index in [0.717, 1.165) is 74.9 Å². The molecule has 2 heterocycles. The molecule has 0 radical (unpaired) electrons. The van der Waals surface area contributed by atoms with Gasteiger partial charge in [0.1, 0.15) is 0 Å². The van der Waals surface area contributed by atoms with Crippen LogP contribution in [0.4, 0.5) is 13.2 Å². The highest BCUT2D eigenvalue weighted by atomic mass is 19.4. The Bertz CT molecular complexity index is 1180. The van der Waals surface area contributed by atoms with Gasteiger partial charge in [0.25, 0.3) is 0 Å². The molecule has 0 aliphatic carbocycles. The molecule has 0 aliphatic heterocycles. The number of aliphatic hydroxyl groups excluding tert-OH is 1. The van der Waals surface area contributed by atoms with Crippen LogP contribution in [0.5, 0.6) is 0 Å². The molecule has 0 saturated heterocycles. The number of fused-ring (bicyclic) bond motifs is 3. The van der Waals surface area contributed by atoms with Crippen molar-refractivity contribution in [3.05, 3.63) is 45.4 Å². The molecule has 0 unspecified atom stereocenters. The molecule has 0 spiro atoms. The number of benzene rings is 1. The first-order valence-electron chi connectivity index (χ1n) is 13.4. The first kappa shape index (κ1) is 28.3. The average molecular weight is 508 g/mol. The summed E-state index contributed by atoms with van der Waals surface area (Å²) in [7, 11) is 0. The fourth-order valence-electron chi connectivity index (χ4n) is 5.27. The standard InChI is InChI=1S/C28H40F3N3O2/c1-3-23-20(2)26-24(14-13-22-27(26)21(28(29,30)31)19-25(36)33-22)34(23)17-11-8-6-4-5-7-9-15-32-16-10-12-18-35/h13-14,19,32,35H,3-12,15-18H2,1-2H3,(H,33,36). The molecule has 200 valence electrons. The molecule has 1 aromatic carbocycles. The van der Waals surface area contributed by atoms with Gasteiger partial charge in [0.05, 0.1) is 5.56 Å². The predicted molar refractivity (Wildman–Crippen MR) is 141 cm³/mol. The zero-order chi connectivity index (χ0) is 26.1. The number of aryl methyl sites for hydroxylation is 2. The summed E-state index contributed by atoms with van der Waals surface area (Å²) < 4.78 is 43.7. The quantitative estimate of drug-likeness (QED) is 0.207. The number of H-pyrrole nitrogens is 1. The molecule has 3 aromatic rings. The highest BCUT2D eigenvalue weighted by molar-refractivity contribution is 6.09. The number of unbranched alkanes of at least 4 members (excludes halogenated alkanes) is 7. The van der Waals surface area contributed by atoms with Gasteiger partial charge in [-0.1, -0.05) is 39.0 Å². The second kappa shape index (κ2) is 13.3. The van der Waals surface area contributed by atoms with Crippen molar-refractivity contribution in [3.8, 4) is 0 Å². The zero-order valence-corrected chi connectivity index (χ0v) is 21.6. The Balaban J connectivity index is 1.61. The van der Waals surface area contributed by atoms with Crippen molar-refractivity contribution < 1.29 is 18.3 Å². The fraction of sp³-hybridized carbons (Fsp3) is 0.607. The lowest BCUT2D eigenvalue weighted by Gasteiger charge is -2.12. The van der Waals surface area contributed by atoms with E-state index in [9.17, 15) is 18.0 Å². The van der Waals surface area contributed by atoms with E-state index < -0.39 is 17.3 Å². The third kappa shape index (κ3) is 6.91. The van der Waals surface area contributed by atoms with E-state index in [1.54, 1.807) is 6.07 Å². The first-order valence-corrected chi connectivity index (χ1v) is 13.4. The summed E-state index contributed by atoms with van der Waals surface area (Å²) in [6.45, 7) is 6.97. The summed E-state index contributed by atoms with van der Waals surface area (Å²) >= 11 is 0. The number of aromatic nitrogens is 2. The lowest BCUT2D eigenvalue weighted by Crippen LogP contribution is -2.16. The molecule has 0 bridgehead atoms. The molecule has 0 amide bonds. The third-order valence-corrected chi connectivity index (χ3v) is 7.05. The average Bonchev–Trinajstić information content (AvgIpc) is 3.11. The van der Waals surface area contributed by atoms with E-state index in [1.165, 1.54) is 25.7 Å². The van der Waals surface area contributed by atoms with Crippen LogP contribution in [0.1, 0.15) is 81.5 Å². The maximum absolute atomic E-state index is 13.9. The van der Waals surface area contributed by atoms with Gasteiger partial charge in [0.2, 0.25) is 5.56 Å². The highest BCUT2D eigenvalue weighted by Gasteiger charge is 2.34. The zero-order valence-electron chi connectivity index (χ0n) is 21.6. The van der Waals surface area contributed by atoms with Crippen LogP contribution < -0.4 is 10.9 Å². The van der Waals surface area contributed by atoms with E-state index in [-0.39, 0.29) is 17.5 Å². The molecule has 0 aliphatic rings. The smallest absolute Gasteiger partial charge is 0.396 e. The molecular formula is C28H40F3N3O2. The Kier molecular flexibility index (Phi) is 10.4. The lowest BCUT2D eigenvalue weighted by atomic mass is 10.0. The van der Waals surface area contributed by atoms with Crippen molar-refractivity contribution in [1.29, 1.82) is 0 Å². The Hall–Kier alpha value is -2.32. The number of aromatic amines is 1. The number of nitrogens with zero attached hydrogens (tertiary/aromatic N) is 1. The minimum absolute atomic E-state index is 0.0911. The Labute approximate surface area is 211 Å². The van der Waals surface area contributed by atoms with Crippen LogP contribution in [-0.4, -0.2) is 34.4 Å². The van der Waals surface area contributed by atoms with E-state index in [0.29, 0.717) is 11.5 Å². The van der Waals surface area contributed by atoms with Crippen LogP contribution in [-0.2, 0) is 19.1 Å². The van der Waals surface area contributed by atoms with Crippen LogP contribution in [0.3, 0.4) is 0 Å². The monoisotopic (exact) mass is 507 g/mol. The minimum Gasteiger partial charge on any atom is -0.396 e.